The number of rotatable bonds is 3. The molecule has 0 saturated carbocycles. The van der Waals surface area contributed by atoms with Gasteiger partial charge < -0.3 is 14.5 Å². The molecule has 0 aliphatic carbocycles. The van der Waals surface area contributed by atoms with E-state index in [1.807, 2.05) is 0 Å². The van der Waals surface area contributed by atoms with E-state index in [0.29, 0.717) is 6.04 Å². The molecule has 0 spiro atoms. The Morgan fingerprint density at radius 2 is 2.00 bits per heavy atom. The Labute approximate surface area is 125 Å². The molecule has 0 amide bonds. The van der Waals surface area contributed by atoms with Gasteiger partial charge in [-0.25, -0.2) is 0 Å². The van der Waals surface area contributed by atoms with Crippen molar-refractivity contribution < 1.29 is 0 Å². The zero-order valence-corrected chi connectivity index (χ0v) is 13.2. The molecule has 4 heteroatoms. The van der Waals surface area contributed by atoms with Crippen molar-refractivity contribution in [1.29, 1.82) is 0 Å². The van der Waals surface area contributed by atoms with Gasteiger partial charge in [0, 0.05) is 12.6 Å². The third-order valence-electron chi connectivity index (χ3n) is 4.29. The molecule has 20 heavy (non-hydrogen) atoms. The lowest BCUT2D eigenvalue weighted by Crippen LogP contribution is -2.34. The van der Waals surface area contributed by atoms with Crippen LogP contribution in [0.25, 0.3) is 11.0 Å². The van der Waals surface area contributed by atoms with Crippen LogP contribution in [-0.4, -0.2) is 34.1 Å². The van der Waals surface area contributed by atoms with E-state index in [0.717, 1.165) is 16.8 Å². The fourth-order valence-electron chi connectivity index (χ4n) is 3.27. The fourth-order valence-corrected chi connectivity index (χ4v) is 3.65. The van der Waals surface area contributed by atoms with E-state index in [4.69, 9.17) is 12.2 Å². The van der Waals surface area contributed by atoms with Gasteiger partial charge in [0.2, 0.25) is 0 Å². The predicted octanol–water partition coefficient (Wildman–Crippen LogP) is 4.05. The van der Waals surface area contributed by atoms with Crippen molar-refractivity contribution in [2.75, 3.05) is 19.6 Å². The summed E-state index contributed by atoms with van der Waals surface area (Å²) < 4.78 is 3.13. The first kappa shape index (κ1) is 13.8. The van der Waals surface area contributed by atoms with Crippen molar-refractivity contribution in [2.45, 2.75) is 39.2 Å². The molecule has 1 unspecified atom stereocenters. The predicted molar refractivity (Wildman–Crippen MR) is 86.9 cm³/mol. The highest BCUT2D eigenvalue weighted by molar-refractivity contribution is 7.71. The molecule has 2 aromatic rings. The van der Waals surface area contributed by atoms with E-state index in [2.05, 4.69) is 46.5 Å². The topological polar surface area (TPSA) is 24.0 Å². The first-order valence-corrected chi connectivity index (χ1v) is 7.99. The third-order valence-corrected chi connectivity index (χ3v) is 4.58. The fraction of sp³-hybridized carbons (Fsp3) is 0.562. The number of nitrogens with zero attached hydrogens (tertiary/aromatic N) is 2. The number of likely N-dealkylation sites (tertiary alicyclic amines) is 1. The molecule has 1 saturated heterocycles. The second-order valence-corrected chi connectivity index (χ2v) is 6.42. The van der Waals surface area contributed by atoms with Gasteiger partial charge in [-0.3, -0.25) is 0 Å². The highest BCUT2D eigenvalue weighted by Crippen LogP contribution is 2.22. The molecular weight excluding hydrogens is 266 g/mol. The number of aromatic amines is 1. The van der Waals surface area contributed by atoms with Gasteiger partial charge in [-0.1, -0.05) is 12.5 Å². The summed E-state index contributed by atoms with van der Waals surface area (Å²) in [6.45, 7) is 7.97. The summed E-state index contributed by atoms with van der Waals surface area (Å²) in [5, 5.41) is 0. The summed E-state index contributed by atoms with van der Waals surface area (Å²) >= 11 is 5.53. The summed E-state index contributed by atoms with van der Waals surface area (Å²) in [5.41, 5.74) is 3.66. The van der Waals surface area contributed by atoms with Crippen LogP contribution in [0.1, 0.15) is 37.8 Å². The number of nitrogens with one attached hydrogen (secondary N) is 1. The first-order valence-electron chi connectivity index (χ1n) is 7.58. The van der Waals surface area contributed by atoms with Crippen LogP contribution >= 0.6 is 12.2 Å². The summed E-state index contributed by atoms with van der Waals surface area (Å²) in [6.07, 6.45) is 4.06. The highest BCUT2D eigenvalue weighted by atomic mass is 32.1. The number of piperidine rings is 1. The lowest BCUT2D eigenvalue weighted by Gasteiger charge is -2.29. The largest absolute Gasteiger partial charge is 0.331 e. The average Bonchev–Trinajstić information content (AvgIpc) is 2.75. The van der Waals surface area contributed by atoms with E-state index in [1.165, 1.54) is 43.4 Å². The van der Waals surface area contributed by atoms with Crippen LogP contribution in [0.5, 0.6) is 0 Å². The number of imidazole rings is 1. The van der Waals surface area contributed by atoms with E-state index >= 15 is 0 Å². The van der Waals surface area contributed by atoms with E-state index < -0.39 is 0 Å². The van der Waals surface area contributed by atoms with Crippen LogP contribution in [0.15, 0.2) is 18.2 Å². The lowest BCUT2D eigenvalue weighted by atomic mass is 10.1. The summed E-state index contributed by atoms with van der Waals surface area (Å²) in [5.74, 6) is 0. The molecule has 1 aliphatic heterocycles. The van der Waals surface area contributed by atoms with Crippen LogP contribution in [0.3, 0.4) is 0 Å². The third kappa shape index (κ3) is 2.67. The Morgan fingerprint density at radius 1 is 1.25 bits per heavy atom. The lowest BCUT2D eigenvalue weighted by molar-refractivity contribution is 0.202. The monoisotopic (exact) mass is 289 g/mol. The zero-order valence-electron chi connectivity index (χ0n) is 12.4. The first-order chi connectivity index (χ1) is 9.65. The van der Waals surface area contributed by atoms with Gasteiger partial charge in [-0.2, -0.15) is 0 Å². The molecule has 2 heterocycles. The second-order valence-electron chi connectivity index (χ2n) is 6.03. The van der Waals surface area contributed by atoms with Crippen molar-refractivity contribution in [3.05, 3.63) is 28.5 Å². The molecule has 108 valence electrons. The van der Waals surface area contributed by atoms with Crippen molar-refractivity contribution in [2.24, 2.45) is 0 Å². The van der Waals surface area contributed by atoms with Crippen LogP contribution < -0.4 is 0 Å². The van der Waals surface area contributed by atoms with Gasteiger partial charge in [0.1, 0.15) is 0 Å². The number of hydrogen-bond donors (Lipinski definition) is 1. The van der Waals surface area contributed by atoms with Crippen molar-refractivity contribution in [3.8, 4) is 0 Å². The van der Waals surface area contributed by atoms with Crippen molar-refractivity contribution in [3.63, 3.8) is 0 Å². The average molecular weight is 289 g/mol. The Bertz CT molecular complexity index is 649. The highest BCUT2D eigenvalue weighted by Gasteiger charge is 2.17. The molecule has 3 rings (SSSR count). The molecule has 1 atom stereocenters. The van der Waals surface area contributed by atoms with Gasteiger partial charge in [0.05, 0.1) is 11.0 Å². The number of aryl methyl sites for hydroxylation is 1. The van der Waals surface area contributed by atoms with Crippen LogP contribution in [0.4, 0.5) is 0 Å². The minimum absolute atomic E-state index is 0.413. The minimum atomic E-state index is 0.413. The molecule has 3 nitrogen and oxygen atoms in total. The van der Waals surface area contributed by atoms with E-state index in [1.54, 1.807) is 0 Å². The van der Waals surface area contributed by atoms with Gasteiger partial charge in [0.25, 0.3) is 0 Å². The maximum Gasteiger partial charge on any atom is 0.178 e. The Kier molecular flexibility index (Phi) is 3.94. The van der Waals surface area contributed by atoms with Crippen LogP contribution in [0.2, 0.25) is 0 Å². The Hall–Kier alpha value is -1.13. The van der Waals surface area contributed by atoms with E-state index in [9.17, 15) is 0 Å². The number of hydrogen-bond acceptors (Lipinski definition) is 2. The van der Waals surface area contributed by atoms with Gasteiger partial charge in [-0.15, -0.1) is 0 Å². The maximum atomic E-state index is 5.53. The number of fused-ring (bicyclic) bond motifs is 1. The van der Waals surface area contributed by atoms with E-state index in [-0.39, 0.29) is 0 Å². The maximum absolute atomic E-state index is 5.53. The molecule has 1 fully saturated rings. The quantitative estimate of drug-likeness (QED) is 0.862. The SMILES string of the molecule is Cc1ccc2[nH]c(=S)n(C(C)CN3CCCCC3)c2c1. The van der Waals surface area contributed by atoms with Crippen molar-refractivity contribution in [1.82, 2.24) is 14.5 Å². The van der Waals surface area contributed by atoms with Gasteiger partial charge in [-0.05, 0) is 69.7 Å². The summed E-state index contributed by atoms with van der Waals surface area (Å²) in [4.78, 5) is 5.91. The molecular formula is C16H23N3S. The molecule has 0 radical (unpaired) electrons. The second kappa shape index (κ2) is 5.70. The smallest absolute Gasteiger partial charge is 0.178 e. The van der Waals surface area contributed by atoms with Gasteiger partial charge in [0.15, 0.2) is 4.77 Å². The Balaban J connectivity index is 1.90. The van der Waals surface area contributed by atoms with Gasteiger partial charge >= 0.3 is 0 Å². The molecule has 1 aliphatic rings. The molecule has 1 N–H and O–H groups in total. The number of benzene rings is 1. The summed E-state index contributed by atoms with van der Waals surface area (Å²) in [6, 6.07) is 6.91. The minimum Gasteiger partial charge on any atom is -0.331 e. The molecule has 1 aromatic carbocycles. The number of H-pyrrole nitrogens is 1. The zero-order chi connectivity index (χ0) is 14.1. The summed E-state index contributed by atoms with van der Waals surface area (Å²) in [7, 11) is 0. The van der Waals surface area contributed by atoms with Crippen molar-refractivity contribution >= 4 is 23.3 Å². The number of aromatic nitrogens is 2. The normalized spacial score (nSPS) is 18.5. The molecule has 1 aromatic heterocycles. The Morgan fingerprint density at radius 3 is 2.75 bits per heavy atom. The van der Waals surface area contributed by atoms with Crippen LogP contribution in [0, 0.1) is 11.7 Å². The standard InChI is InChI=1S/C16H23N3S/c1-12-6-7-14-15(10-12)19(16(20)17-14)13(2)11-18-8-4-3-5-9-18/h6-7,10,13H,3-5,8-9,11H2,1-2H3,(H,17,20). The van der Waals surface area contributed by atoms with Crippen LogP contribution in [-0.2, 0) is 0 Å². The molecule has 0 bridgehead atoms.